The third-order valence-electron chi connectivity index (χ3n) is 5.37. The molecule has 0 bridgehead atoms. The predicted molar refractivity (Wildman–Crippen MR) is 114 cm³/mol. The van der Waals surface area contributed by atoms with Crippen molar-refractivity contribution in [1.29, 1.82) is 0 Å². The van der Waals surface area contributed by atoms with Crippen molar-refractivity contribution in [3.8, 4) is 0 Å². The van der Waals surface area contributed by atoms with E-state index in [0.717, 1.165) is 17.0 Å². The molecule has 2 heterocycles. The Balaban J connectivity index is 1.65. The van der Waals surface area contributed by atoms with E-state index in [-0.39, 0.29) is 12.1 Å². The summed E-state index contributed by atoms with van der Waals surface area (Å²) in [5, 5.41) is 3.32. The molecule has 1 saturated heterocycles. The highest BCUT2D eigenvalue weighted by Gasteiger charge is 2.49. The largest absolute Gasteiger partial charge is 0.501 e. The maximum Gasteiger partial charge on any atom is 0.501 e. The second-order valence-electron chi connectivity index (χ2n) is 7.77. The van der Waals surface area contributed by atoms with Gasteiger partial charge >= 0.3 is 11.5 Å². The van der Waals surface area contributed by atoms with E-state index in [9.17, 15) is 31.2 Å². The number of nitrogens with two attached hydrogens (primary N) is 1. The lowest BCUT2D eigenvalue weighted by Crippen LogP contribution is -2.46. The number of hydrogen-bond acceptors (Lipinski definition) is 6. The molecule has 33 heavy (non-hydrogen) atoms. The first-order chi connectivity index (χ1) is 15.3. The Morgan fingerprint density at radius 1 is 1.09 bits per heavy atom. The number of amides is 3. The number of nitrogen functional groups attached to an aromatic ring is 1. The number of rotatable bonds is 4. The number of nitrogens with zero attached hydrogens (tertiary/aromatic N) is 2. The summed E-state index contributed by atoms with van der Waals surface area (Å²) in [6.45, 7) is 1.52. The van der Waals surface area contributed by atoms with Gasteiger partial charge < -0.3 is 11.1 Å². The summed E-state index contributed by atoms with van der Waals surface area (Å²) in [5.74, 6) is -0.646. The number of nitrogens with one attached hydrogen (secondary N) is 1. The van der Waals surface area contributed by atoms with Crippen molar-refractivity contribution < 1.29 is 31.2 Å². The van der Waals surface area contributed by atoms with Crippen LogP contribution in [0, 0.1) is 0 Å². The van der Waals surface area contributed by atoms with Crippen molar-refractivity contribution in [2.45, 2.75) is 29.3 Å². The van der Waals surface area contributed by atoms with Crippen LogP contribution in [-0.2, 0) is 21.1 Å². The maximum absolute atomic E-state index is 13.2. The van der Waals surface area contributed by atoms with Crippen molar-refractivity contribution in [3.05, 3.63) is 60.3 Å². The number of benzene rings is 2. The van der Waals surface area contributed by atoms with E-state index in [1.165, 1.54) is 6.92 Å². The van der Waals surface area contributed by atoms with Crippen LogP contribution in [0.3, 0.4) is 0 Å². The minimum atomic E-state index is -5.55. The monoisotopic (exact) mass is 478 g/mol. The fourth-order valence-corrected chi connectivity index (χ4v) is 4.46. The zero-order valence-corrected chi connectivity index (χ0v) is 17.9. The molecule has 12 heteroatoms. The zero-order chi connectivity index (χ0) is 24.2. The van der Waals surface area contributed by atoms with Crippen LogP contribution in [0.15, 0.2) is 59.6 Å². The summed E-state index contributed by atoms with van der Waals surface area (Å²) in [5.41, 5.74) is 0.823. The van der Waals surface area contributed by atoms with Crippen LogP contribution in [0.2, 0.25) is 0 Å². The molecule has 1 fully saturated rings. The van der Waals surface area contributed by atoms with Gasteiger partial charge in [0.15, 0.2) is 0 Å². The number of urea groups is 1. The number of aromatic nitrogens is 1. The number of pyridine rings is 1. The number of halogens is 3. The van der Waals surface area contributed by atoms with E-state index in [1.807, 2.05) is 0 Å². The number of carbonyl (C=O) groups is 2. The van der Waals surface area contributed by atoms with Crippen LogP contribution in [0.5, 0.6) is 0 Å². The average Bonchev–Trinajstić information content (AvgIpc) is 2.95. The fourth-order valence-electron chi connectivity index (χ4n) is 3.70. The molecule has 1 atom stereocenters. The highest BCUT2D eigenvalue weighted by Crippen LogP contribution is 2.33. The molecule has 1 aliphatic heterocycles. The quantitative estimate of drug-likeness (QED) is 0.439. The molecule has 1 aliphatic rings. The summed E-state index contributed by atoms with van der Waals surface area (Å²) in [6, 6.07) is 9.40. The molecule has 1 unspecified atom stereocenters. The van der Waals surface area contributed by atoms with Crippen LogP contribution < -0.4 is 16.0 Å². The second kappa shape index (κ2) is 7.44. The summed E-state index contributed by atoms with van der Waals surface area (Å²) in [4.78, 5) is 29.8. The van der Waals surface area contributed by atoms with Crippen LogP contribution >= 0.6 is 0 Å². The standard InChI is InChI=1S/C21H17F3N4O4S/c1-20(11-12-8-9-26-17-7-2-13(25)10-16(12)17)18(29)28(19(30)27-20)14-3-5-15(6-4-14)33(31,32)21(22,23)24/h2-10H,11,25H2,1H3,(H,27,30). The highest BCUT2D eigenvalue weighted by atomic mass is 32.2. The average molecular weight is 478 g/mol. The molecule has 2 aromatic carbocycles. The Bertz CT molecular complexity index is 1390. The SMILES string of the molecule is CC1(Cc2ccnc3ccc(N)cc23)NC(=O)N(c2ccc(S(=O)(=O)C(F)(F)F)cc2)C1=O. The molecule has 1 aromatic heterocycles. The van der Waals surface area contributed by atoms with Gasteiger partial charge in [0.25, 0.3) is 15.7 Å². The Morgan fingerprint density at radius 3 is 2.39 bits per heavy atom. The molecule has 0 radical (unpaired) electrons. The Kier molecular flexibility index (Phi) is 5.08. The van der Waals surface area contributed by atoms with Gasteiger partial charge in [-0.15, -0.1) is 0 Å². The third-order valence-corrected chi connectivity index (χ3v) is 6.87. The lowest BCUT2D eigenvalue weighted by Gasteiger charge is -2.22. The first kappa shape index (κ1) is 22.5. The summed E-state index contributed by atoms with van der Waals surface area (Å²) in [6.07, 6.45) is 1.66. The van der Waals surface area contributed by atoms with Crippen LogP contribution in [-0.4, -0.2) is 36.4 Å². The first-order valence-corrected chi connectivity index (χ1v) is 11.0. The van der Waals surface area contributed by atoms with Gasteiger partial charge in [0.05, 0.1) is 16.1 Å². The molecule has 0 spiro atoms. The lowest BCUT2D eigenvalue weighted by atomic mass is 9.91. The number of sulfone groups is 1. The van der Waals surface area contributed by atoms with Crippen molar-refractivity contribution >= 4 is 44.1 Å². The highest BCUT2D eigenvalue weighted by molar-refractivity contribution is 7.92. The van der Waals surface area contributed by atoms with Gasteiger partial charge in [-0.25, -0.2) is 18.1 Å². The van der Waals surface area contributed by atoms with Crippen LogP contribution in [0.25, 0.3) is 10.9 Å². The minimum Gasteiger partial charge on any atom is -0.399 e. The molecular formula is C21H17F3N4O4S. The molecule has 4 rings (SSSR count). The van der Waals surface area contributed by atoms with Crippen molar-refractivity contribution in [1.82, 2.24) is 10.3 Å². The van der Waals surface area contributed by atoms with Gasteiger partial charge in [-0.3, -0.25) is 9.78 Å². The third kappa shape index (κ3) is 3.75. The molecule has 0 saturated carbocycles. The van der Waals surface area contributed by atoms with E-state index in [1.54, 1.807) is 30.5 Å². The number of carbonyl (C=O) groups excluding carboxylic acids is 2. The van der Waals surface area contributed by atoms with Gasteiger partial charge in [-0.05, 0) is 61.0 Å². The van der Waals surface area contributed by atoms with Gasteiger partial charge in [-0.1, -0.05) is 0 Å². The van der Waals surface area contributed by atoms with Crippen molar-refractivity contribution in [2.24, 2.45) is 0 Å². The van der Waals surface area contributed by atoms with E-state index in [2.05, 4.69) is 10.3 Å². The predicted octanol–water partition coefficient (Wildman–Crippen LogP) is 3.17. The Labute approximate surface area is 186 Å². The Hall–Kier alpha value is -3.67. The number of imide groups is 1. The molecule has 0 aliphatic carbocycles. The van der Waals surface area contributed by atoms with Gasteiger partial charge in [0, 0.05) is 23.7 Å². The van der Waals surface area contributed by atoms with Crippen molar-refractivity contribution in [2.75, 3.05) is 10.6 Å². The van der Waals surface area contributed by atoms with Crippen molar-refractivity contribution in [3.63, 3.8) is 0 Å². The van der Waals surface area contributed by atoms with Gasteiger partial charge in [-0.2, -0.15) is 13.2 Å². The minimum absolute atomic E-state index is 0.0637. The molecular weight excluding hydrogens is 461 g/mol. The second-order valence-corrected chi connectivity index (χ2v) is 9.71. The van der Waals surface area contributed by atoms with E-state index in [4.69, 9.17) is 5.73 Å². The number of fused-ring (bicyclic) bond motifs is 1. The van der Waals surface area contributed by atoms with Gasteiger partial charge in [0.1, 0.15) is 5.54 Å². The summed E-state index contributed by atoms with van der Waals surface area (Å²) >= 11 is 0. The number of hydrogen-bond donors (Lipinski definition) is 2. The maximum atomic E-state index is 13.2. The number of anilines is 2. The fraction of sp³-hybridized carbons (Fsp3) is 0.190. The topological polar surface area (TPSA) is 122 Å². The normalized spacial score (nSPS) is 19.2. The van der Waals surface area contributed by atoms with E-state index >= 15 is 0 Å². The summed E-state index contributed by atoms with van der Waals surface area (Å²) in [7, 11) is -5.55. The van der Waals surface area contributed by atoms with Crippen LogP contribution in [0.4, 0.5) is 29.3 Å². The molecule has 172 valence electrons. The van der Waals surface area contributed by atoms with Gasteiger partial charge in [0.2, 0.25) is 0 Å². The smallest absolute Gasteiger partial charge is 0.399 e. The molecule has 3 aromatic rings. The zero-order valence-electron chi connectivity index (χ0n) is 17.1. The molecule has 3 N–H and O–H groups in total. The molecule has 8 nitrogen and oxygen atoms in total. The number of alkyl halides is 3. The summed E-state index contributed by atoms with van der Waals surface area (Å²) < 4.78 is 61.4. The van der Waals surface area contributed by atoms with E-state index in [0.29, 0.717) is 34.3 Å². The van der Waals surface area contributed by atoms with E-state index < -0.39 is 37.7 Å². The lowest BCUT2D eigenvalue weighted by molar-refractivity contribution is -0.121. The van der Waals surface area contributed by atoms with Crippen LogP contribution in [0.1, 0.15) is 12.5 Å². The Morgan fingerprint density at radius 2 is 1.76 bits per heavy atom. The first-order valence-electron chi connectivity index (χ1n) is 9.55. The molecule has 3 amide bonds.